The molecule has 0 aromatic carbocycles. The molecule has 0 unspecified atom stereocenters. The first kappa shape index (κ1) is 15.8. The molecule has 0 radical (unpaired) electrons. The maximum atomic E-state index is 5.04. The number of anilines is 1. The molecule has 0 saturated carbocycles. The molecule has 0 bridgehead atoms. The van der Waals surface area contributed by atoms with E-state index in [4.69, 9.17) is 4.98 Å². The molecule has 24 heavy (non-hydrogen) atoms. The van der Waals surface area contributed by atoms with E-state index in [0.717, 1.165) is 46.7 Å². The van der Waals surface area contributed by atoms with E-state index in [2.05, 4.69) is 36.1 Å². The highest BCUT2D eigenvalue weighted by Crippen LogP contribution is 2.42. The van der Waals surface area contributed by atoms with Crippen molar-refractivity contribution in [2.24, 2.45) is 0 Å². The second-order valence-electron chi connectivity index (χ2n) is 6.92. The molecule has 3 aromatic rings. The van der Waals surface area contributed by atoms with Crippen LogP contribution in [0.15, 0.2) is 6.33 Å². The summed E-state index contributed by atoms with van der Waals surface area (Å²) in [6.45, 7) is 7.66. The lowest BCUT2D eigenvalue weighted by atomic mass is 9.99. The third kappa shape index (κ3) is 2.46. The van der Waals surface area contributed by atoms with Crippen LogP contribution in [-0.4, -0.2) is 21.5 Å². The average Bonchev–Trinajstić information content (AvgIpc) is 3.18. The van der Waals surface area contributed by atoms with Crippen LogP contribution < -0.4 is 5.32 Å². The smallest absolute Gasteiger partial charge is 0.147 e. The Morgan fingerprint density at radius 1 is 1.21 bits per heavy atom. The molecule has 3 aromatic heterocycles. The number of rotatable bonds is 5. The van der Waals surface area contributed by atoms with Crippen molar-refractivity contribution in [3.05, 3.63) is 23.1 Å². The van der Waals surface area contributed by atoms with Crippen LogP contribution in [0.25, 0.3) is 20.4 Å². The third-order valence-electron chi connectivity index (χ3n) is 4.87. The zero-order valence-electron chi connectivity index (χ0n) is 14.6. The normalized spacial score (nSPS) is 14.0. The first-order chi connectivity index (χ1) is 11.7. The molecular formula is C19H24N4S. The minimum Gasteiger partial charge on any atom is -0.369 e. The Hall–Kier alpha value is -1.75. The van der Waals surface area contributed by atoms with Gasteiger partial charge in [0.25, 0.3) is 0 Å². The zero-order valence-corrected chi connectivity index (χ0v) is 15.5. The Kier molecular flexibility index (Phi) is 4.12. The molecule has 0 spiro atoms. The largest absolute Gasteiger partial charge is 0.369 e. The number of thiophene rings is 1. The van der Waals surface area contributed by atoms with Gasteiger partial charge < -0.3 is 5.32 Å². The second kappa shape index (κ2) is 6.28. The Labute approximate surface area is 146 Å². The van der Waals surface area contributed by atoms with E-state index >= 15 is 0 Å². The van der Waals surface area contributed by atoms with E-state index in [1.54, 1.807) is 17.7 Å². The van der Waals surface area contributed by atoms with Gasteiger partial charge in [-0.15, -0.1) is 11.3 Å². The number of hydrogen-bond acceptors (Lipinski definition) is 5. The van der Waals surface area contributed by atoms with E-state index in [0.29, 0.717) is 5.92 Å². The minimum atomic E-state index is 0.472. The summed E-state index contributed by atoms with van der Waals surface area (Å²) >= 11 is 1.75. The molecule has 0 atom stereocenters. The molecule has 0 fully saturated rings. The number of nitrogens with one attached hydrogen (secondary N) is 1. The van der Waals surface area contributed by atoms with Crippen molar-refractivity contribution in [1.82, 2.24) is 15.0 Å². The van der Waals surface area contributed by atoms with Crippen LogP contribution in [0, 0.1) is 0 Å². The quantitative estimate of drug-likeness (QED) is 0.659. The number of aryl methyl sites for hydroxylation is 1. The molecule has 1 N–H and O–H groups in total. The number of aromatic nitrogens is 3. The molecule has 0 amide bonds. The summed E-state index contributed by atoms with van der Waals surface area (Å²) in [6, 6.07) is 0. The summed E-state index contributed by atoms with van der Waals surface area (Å²) in [5, 5.41) is 4.77. The first-order valence-electron chi connectivity index (χ1n) is 9.03. The fourth-order valence-corrected chi connectivity index (χ4v) is 4.85. The Morgan fingerprint density at radius 3 is 2.83 bits per heavy atom. The summed E-state index contributed by atoms with van der Waals surface area (Å²) < 4.78 is 1.16. The van der Waals surface area contributed by atoms with Gasteiger partial charge in [0.05, 0.1) is 10.2 Å². The van der Waals surface area contributed by atoms with Gasteiger partial charge in [0.15, 0.2) is 0 Å². The van der Waals surface area contributed by atoms with E-state index < -0.39 is 0 Å². The fourth-order valence-electron chi connectivity index (χ4n) is 3.71. The molecule has 3 heterocycles. The van der Waals surface area contributed by atoms with Crippen LogP contribution in [0.3, 0.4) is 0 Å². The molecule has 1 aliphatic rings. The van der Waals surface area contributed by atoms with Crippen LogP contribution in [0.1, 0.15) is 62.8 Å². The average molecular weight is 340 g/mol. The minimum absolute atomic E-state index is 0.472. The Morgan fingerprint density at radius 2 is 2.04 bits per heavy atom. The fraction of sp³-hybridized carbons (Fsp3) is 0.526. The Bertz CT molecular complexity index is 897. The van der Waals surface area contributed by atoms with Crippen molar-refractivity contribution in [3.8, 4) is 0 Å². The molecule has 0 aliphatic heterocycles. The van der Waals surface area contributed by atoms with Crippen LogP contribution >= 0.6 is 11.3 Å². The van der Waals surface area contributed by atoms with Crippen LogP contribution in [0.5, 0.6) is 0 Å². The lowest BCUT2D eigenvalue weighted by Crippen LogP contribution is -2.03. The predicted octanol–water partition coefficient (Wildman–Crippen LogP) is 5.06. The molecule has 126 valence electrons. The van der Waals surface area contributed by atoms with Gasteiger partial charge in [0, 0.05) is 17.6 Å². The highest BCUT2D eigenvalue weighted by molar-refractivity contribution is 7.26. The summed E-state index contributed by atoms with van der Waals surface area (Å²) in [5.41, 5.74) is 5.35. The summed E-state index contributed by atoms with van der Waals surface area (Å²) in [6.07, 6.45) is 7.58. The number of hydrogen-bond donors (Lipinski definition) is 1. The zero-order chi connectivity index (χ0) is 16.7. The predicted molar refractivity (Wildman–Crippen MR) is 102 cm³/mol. The van der Waals surface area contributed by atoms with Crippen LogP contribution in [0.4, 0.5) is 5.82 Å². The van der Waals surface area contributed by atoms with Crippen molar-refractivity contribution in [3.63, 3.8) is 0 Å². The van der Waals surface area contributed by atoms with Crippen LogP contribution in [0.2, 0.25) is 0 Å². The first-order valence-corrected chi connectivity index (χ1v) is 9.85. The third-order valence-corrected chi connectivity index (χ3v) is 5.95. The Balaban J connectivity index is 1.93. The molecular weight excluding hydrogens is 316 g/mol. The number of nitrogens with zero attached hydrogens (tertiary/aromatic N) is 3. The second-order valence-corrected chi connectivity index (χ2v) is 7.92. The van der Waals surface area contributed by atoms with Gasteiger partial charge in [-0.2, -0.15) is 0 Å². The van der Waals surface area contributed by atoms with Gasteiger partial charge in [-0.25, -0.2) is 15.0 Å². The van der Waals surface area contributed by atoms with Gasteiger partial charge in [-0.05, 0) is 42.7 Å². The molecule has 1 aliphatic carbocycles. The molecule has 4 nitrogen and oxygen atoms in total. The lowest BCUT2D eigenvalue weighted by molar-refractivity contribution is 0.805. The number of fused-ring (bicyclic) bond motifs is 5. The highest BCUT2D eigenvalue weighted by atomic mass is 32.1. The number of pyridine rings is 1. The topological polar surface area (TPSA) is 50.7 Å². The van der Waals surface area contributed by atoms with Gasteiger partial charge in [0.1, 0.15) is 17.0 Å². The van der Waals surface area contributed by atoms with Crippen molar-refractivity contribution in [1.29, 1.82) is 0 Å². The maximum Gasteiger partial charge on any atom is 0.147 e. The van der Waals surface area contributed by atoms with Gasteiger partial charge in [-0.1, -0.05) is 27.2 Å². The van der Waals surface area contributed by atoms with Gasteiger partial charge >= 0.3 is 0 Å². The van der Waals surface area contributed by atoms with E-state index in [9.17, 15) is 0 Å². The summed E-state index contributed by atoms with van der Waals surface area (Å²) in [7, 11) is 0. The van der Waals surface area contributed by atoms with Crippen LogP contribution in [-0.2, 0) is 12.8 Å². The number of unbranched alkanes of at least 4 members (excludes halogenated alkanes) is 1. The van der Waals surface area contributed by atoms with Crippen molar-refractivity contribution in [2.75, 3.05) is 11.9 Å². The van der Waals surface area contributed by atoms with Gasteiger partial charge in [0.2, 0.25) is 0 Å². The van der Waals surface area contributed by atoms with Crippen molar-refractivity contribution < 1.29 is 0 Å². The lowest BCUT2D eigenvalue weighted by Gasteiger charge is -2.11. The van der Waals surface area contributed by atoms with Crippen molar-refractivity contribution >= 4 is 37.6 Å². The van der Waals surface area contributed by atoms with Gasteiger partial charge in [-0.3, -0.25) is 0 Å². The molecule has 0 saturated heterocycles. The highest BCUT2D eigenvalue weighted by Gasteiger charge is 2.25. The van der Waals surface area contributed by atoms with E-state index in [1.807, 2.05) is 0 Å². The molecule has 4 rings (SSSR count). The van der Waals surface area contributed by atoms with Crippen molar-refractivity contribution in [2.45, 2.75) is 58.8 Å². The standard InChI is InChI=1S/C19H24N4S/c1-4-5-9-20-18-17-16(21-10-22-18)14-12-7-6-8-13(12)15(11(2)3)23-19(14)24-17/h10-11H,4-9H2,1-3H3,(H,20,21,22). The van der Waals surface area contributed by atoms with E-state index in [-0.39, 0.29) is 0 Å². The van der Waals surface area contributed by atoms with E-state index in [1.165, 1.54) is 35.0 Å². The SMILES string of the molecule is CCCCNc1ncnc2c1sc1nc(C(C)C)c3c(c12)CCC3. The maximum absolute atomic E-state index is 5.04. The monoisotopic (exact) mass is 340 g/mol. The molecule has 5 heteroatoms. The summed E-state index contributed by atoms with van der Waals surface area (Å²) in [4.78, 5) is 15.3. The summed E-state index contributed by atoms with van der Waals surface area (Å²) in [5.74, 6) is 1.44.